The van der Waals surface area contributed by atoms with Crippen molar-refractivity contribution in [3.05, 3.63) is 34.9 Å². The third kappa shape index (κ3) is 5.94. The third-order valence-electron chi connectivity index (χ3n) is 7.64. The van der Waals surface area contributed by atoms with Crippen LogP contribution in [0.2, 0.25) is 0 Å². The molecule has 5 nitrogen and oxygen atoms in total. The number of amides is 1. The van der Waals surface area contributed by atoms with Crippen molar-refractivity contribution >= 4 is 5.91 Å². The number of hydrogen-bond acceptors (Lipinski definition) is 4. The van der Waals surface area contributed by atoms with Crippen LogP contribution in [0.15, 0.2) is 18.2 Å². The summed E-state index contributed by atoms with van der Waals surface area (Å²) >= 11 is 0. The van der Waals surface area contributed by atoms with E-state index in [1.54, 1.807) is 18.1 Å². The second-order valence-corrected chi connectivity index (χ2v) is 9.97. The van der Waals surface area contributed by atoms with E-state index in [0.29, 0.717) is 44.7 Å². The normalized spacial score (nSPS) is 23.0. The highest BCUT2D eigenvalue weighted by atomic mass is 19.4. The van der Waals surface area contributed by atoms with Gasteiger partial charge in [0.25, 0.3) is 0 Å². The molecule has 2 unspecified atom stereocenters. The Kier molecular flexibility index (Phi) is 9.04. The van der Waals surface area contributed by atoms with E-state index < -0.39 is 17.2 Å². The molecule has 0 aliphatic carbocycles. The Morgan fingerprint density at radius 2 is 2.03 bits per heavy atom. The Labute approximate surface area is 201 Å². The van der Waals surface area contributed by atoms with Crippen molar-refractivity contribution in [2.24, 2.45) is 11.3 Å². The number of fused-ring (bicyclic) bond motifs is 1. The third-order valence-corrected chi connectivity index (χ3v) is 7.64. The maximum atomic E-state index is 14.0. The van der Waals surface area contributed by atoms with Gasteiger partial charge in [0.15, 0.2) is 0 Å². The predicted octanol–water partition coefficient (Wildman–Crippen LogP) is 4.82. The maximum Gasteiger partial charge on any atom is 0.416 e. The molecule has 0 spiro atoms. The molecule has 1 aromatic rings. The number of methoxy groups -OCH3 is 1. The van der Waals surface area contributed by atoms with E-state index in [2.05, 4.69) is 26.1 Å². The fourth-order valence-electron chi connectivity index (χ4n) is 5.49. The fourth-order valence-corrected chi connectivity index (χ4v) is 5.49. The summed E-state index contributed by atoms with van der Waals surface area (Å²) in [6.07, 6.45) is -0.665. The molecular formula is C26H39F3N2O3. The van der Waals surface area contributed by atoms with Crippen LogP contribution in [0, 0.1) is 11.3 Å². The Hall–Kier alpha value is -1.64. The van der Waals surface area contributed by atoms with Gasteiger partial charge in [-0.2, -0.15) is 13.2 Å². The number of rotatable bonds is 9. The van der Waals surface area contributed by atoms with Gasteiger partial charge in [-0.25, -0.2) is 0 Å². The minimum absolute atomic E-state index is 0.00880. The van der Waals surface area contributed by atoms with Crippen LogP contribution >= 0.6 is 0 Å². The van der Waals surface area contributed by atoms with Gasteiger partial charge in [-0.15, -0.1) is 0 Å². The highest BCUT2D eigenvalue weighted by Crippen LogP contribution is 2.40. The summed E-state index contributed by atoms with van der Waals surface area (Å²) in [7, 11) is 1.69. The molecule has 192 valence electrons. The number of ether oxygens (including phenoxy) is 2. The van der Waals surface area contributed by atoms with Crippen molar-refractivity contribution in [1.82, 2.24) is 10.2 Å². The summed E-state index contributed by atoms with van der Waals surface area (Å²) in [5.74, 6) is 0.169. The first kappa shape index (κ1) is 27.0. The molecule has 1 fully saturated rings. The smallest absolute Gasteiger partial charge is 0.379 e. The summed E-state index contributed by atoms with van der Waals surface area (Å²) in [5.41, 5.74) is 0.285. The van der Waals surface area contributed by atoms with Crippen LogP contribution in [-0.2, 0) is 33.4 Å². The lowest BCUT2D eigenvalue weighted by Crippen LogP contribution is -2.52. The van der Waals surface area contributed by atoms with E-state index in [1.807, 2.05) is 0 Å². The molecule has 0 bridgehead atoms. The lowest BCUT2D eigenvalue weighted by atomic mass is 9.69. The zero-order valence-electron chi connectivity index (χ0n) is 20.8. The molecule has 0 aromatic heterocycles. The number of carbonyl (C=O) groups excluding carboxylic acids is 1. The minimum atomic E-state index is -4.39. The second kappa shape index (κ2) is 11.4. The average molecular weight is 485 g/mol. The Morgan fingerprint density at radius 1 is 1.26 bits per heavy atom. The van der Waals surface area contributed by atoms with Crippen LogP contribution < -0.4 is 5.32 Å². The highest BCUT2D eigenvalue weighted by Gasteiger charge is 2.44. The van der Waals surface area contributed by atoms with E-state index in [0.717, 1.165) is 30.9 Å². The topological polar surface area (TPSA) is 50.8 Å². The number of carbonyl (C=O) groups is 1. The van der Waals surface area contributed by atoms with E-state index in [1.165, 1.54) is 6.07 Å². The number of nitrogens with zero attached hydrogens (tertiary/aromatic N) is 1. The van der Waals surface area contributed by atoms with E-state index in [9.17, 15) is 18.0 Å². The summed E-state index contributed by atoms with van der Waals surface area (Å²) < 4.78 is 50.8. The van der Waals surface area contributed by atoms with Gasteiger partial charge in [-0.3, -0.25) is 4.79 Å². The molecule has 34 heavy (non-hydrogen) atoms. The van der Waals surface area contributed by atoms with Gasteiger partial charge in [0.05, 0.1) is 23.7 Å². The Balaban J connectivity index is 1.76. The molecule has 1 aromatic carbocycles. The molecule has 1 N–H and O–H groups in total. The molecule has 8 heteroatoms. The predicted molar refractivity (Wildman–Crippen MR) is 125 cm³/mol. The van der Waals surface area contributed by atoms with Crippen molar-refractivity contribution in [2.45, 2.75) is 77.7 Å². The standard InChI is InChI=1S/C26H39F3N2O3/c1-5-10-25(18(2)3,11-12-30-22-9-14-34-17-23(22)33-4)24(32)31-13-8-19-6-7-21(26(27,28)29)15-20(19)16-31/h6-7,15,18,22-23,30H,5,8-14,16-17H2,1-4H3/t22?,23?,25-/m0/s1. The van der Waals surface area contributed by atoms with Gasteiger partial charge in [-0.1, -0.05) is 33.3 Å². The lowest BCUT2D eigenvalue weighted by Gasteiger charge is -2.42. The van der Waals surface area contributed by atoms with Crippen LogP contribution in [0.3, 0.4) is 0 Å². The monoisotopic (exact) mass is 484 g/mol. The first-order chi connectivity index (χ1) is 16.1. The zero-order valence-corrected chi connectivity index (χ0v) is 20.8. The van der Waals surface area contributed by atoms with Crippen LogP contribution in [0.4, 0.5) is 13.2 Å². The number of nitrogens with one attached hydrogen (secondary N) is 1. The largest absolute Gasteiger partial charge is 0.416 e. The van der Waals surface area contributed by atoms with Gasteiger partial charge in [0.1, 0.15) is 0 Å². The molecule has 2 heterocycles. The maximum absolute atomic E-state index is 14.0. The number of hydrogen-bond donors (Lipinski definition) is 1. The van der Waals surface area contributed by atoms with Gasteiger partial charge in [0.2, 0.25) is 5.91 Å². The van der Waals surface area contributed by atoms with Crippen LogP contribution in [-0.4, -0.2) is 56.4 Å². The number of benzene rings is 1. The minimum Gasteiger partial charge on any atom is -0.379 e. The summed E-state index contributed by atoms with van der Waals surface area (Å²) in [6.45, 7) is 8.94. The van der Waals surface area contributed by atoms with Crippen LogP contribution in [0.25, 0.3) is 0 Å². The zero-order chi connectivity index (χ0) is 24.9. The van der Waals surface area contributed by atoms with Crippen molar-refractivity contribution in [2.75, 3.05) is 33.4 Å². The van der Waals surface area contributed by atoms with Crippen molar-refractivity contribution in [1.29, 1.82) is 0 Å². The molecule has 2 aliphatic heterocycles. The number of halogens is 3. The molecule has 1 saturated heterocycles. The second-order valence-electron chi connectivity index (χ2n) is 9.97. The van der Waals surface area contributed by atoms with Crippen molar-refractivity contribution < 1.29 is 27.4 Å². The fraction of sp³-hybridized carbons (Fsp3) is 0.731. The van der Waals surface area contributed by atoms with E-state index in [-0.39, 0.29) is 30.5 Å². The number of alkyl halides is 3. The summed E-state index contributed by atoms with van der Waals surface area (Å²) in [5, 5.41) is 3.59. The van der Waals surface area contributed by atoms with Gasteiger partial charge < -0.3 is 19.7 Å². The van der Waals surface area contributed by atoms with Crippen LogP contribution in [0.5, 0.6) is 0 Å². The highest BCUT2D eigenvalue weighted by molar-refractivity contribution is 5.83. The molecule has 3 rings (SSSR count). The lowest BCUT2D eigenvalue weighted by molar-refractivity contribution is -0.147. The molecule has 0 saturated carbocycles. The molecule has 2 aliphatic rings. The Morgan fingerprint density at radius 3 is 2.68 bits per heavy atom. The first-order valence-corrected chi connectivity index (χ1v) is 12.4. The SMILES string of the molecule is CCC[C@@](CCNC1CCOCC1OC)(C(=O)N1CCc2ccc(C(F)(F)F)cc2C1)C(C)C. The molecule has 3 atom stereocenters. The van der Waals surface area contributed by atoms with Crippen molar-refractivity contribution in [3.8, 4) is 0 Å². The van der Waals surface area contributed by atoms with Crippen LogP contribution in [0.1, 0.15) is 63.1 Å². The van der Waals surface area contributed by atoms with Crippen molar-refractivity contribution in [3.63, 3.8) is 0 Å². The molecular weight excluding hydrogens is 445 g/mol. The van der Waals surface area contributed by atoms with Gasteiger partial charge >= 0.3 is 6.18 Å². The molecule has 0 radical (unpaired) electrons. The molecule has 1 amide bonds. The first-order valence-electron chi connectivity index (χ1n) is 12.4. The van der Waals surface area contributed by atoms with E-state index >= 15 is 0 Å². The van der Waals surface area contributed by atoms with Gasteiger partial charge in [-0.05, 0) is 61.4 Å². The van der Waals surface area contributed by atoms with E-state index in [4.69, 9.17) is 9.47 Å². The average Bonchev–Trinajstić information content (AvgIpc) is 2.81. The summed E-state index contributed by atoms with van der Waals surface area (Å²) in [4.78, 5) is 15.8. The van der Waals surface area contributed by atoms with Gasteiger partial charge in [0, 0.05) is 32.8 Å². The summed E-state index contributed by atoms with van der Waals surface area (Å²) in [6, 6.07) is 4.10. The Bertz CT molecular complexity index is 830. The quantitative estimate of drug-likeness (QED) is 0.546.